The zero-order valence-corrected chi connectivity index (χ0v) is 12.3. The lowest BCUT2D eigenvalue weighted by Crippen LogP contribution is -2.40. The first-order valence-corrected chi connectivity index (χ1v) is 7.58. The van der Waals surface area contributed by atoms with Crippen molar-refractivity contribution in [1.29, 1.82) is 0 Å². The van der Waals surface area contributed by atoms with Crippen molar-refractivity contribution in [2.24, 2.45) is 5.92 Å². The van der Waals surface area contributed by atoms with Crippen LogP contribution in [0.3, 0.4) is 0 Å². The summed E-state index contributed by atoms with van der Waals surface area (Å²) < 4.78 is 5.48. The first-order chi connectivity index (χ1) is 8.36. The Bertz CT molecular complexity index is 329. The van der Waals surface area contributed by atoms with E-state index in [9.17, 15) is 9.90 Å². The molecule has 1 spiro atoms. The summed E-state index contributed by atoms with van der Waals surface area (Å²) in [5.41, 5.74) is -0.438. The van der Waals surface area contributed by atoms with Crippen molar-refractivity contribution in [1.82, 2.24) is 4.90 Å². The molecule has 5 heteroatoms. The largest absolute Gasteiger partial charge is 0.444 e. The van der Waals surface area contributed by atoms with Crippen molar-refractivity contribution >= 4 is 17.9 Å². The molecule has 2 unspecified atom stereocenters. The zero-order chi connectivity index (χ0) is 13.4. The fraction of sp³-hybridized carbons (Fsp3) is 0.923. The number of aliphatic hydroxyl groups is 1. The number of amides is 1. The average Bonchev–Trinajstić information content (AvgIpc) is 2.84. The Hall–Kier alpha value is -0.420. The monoisotopic (exact) mass is 273 g/mol. The van der Waals surface area contributed by atoms with E-state index in [0.717, 1.165) is 31.7 Å². The fourth-order valence-electron chi connectivity index (χ4n) is 2.78. The molecule has 104 valence electrons. The highest BCUT2D eigenvalue weighted by Crippen LogP contribution is 2.48. The van der Waals surface area contributed by atoms with E-state index >= 15 is 0 Å². The molecule has 2 fully saturated rings. The van der Waals surface area contributed by atoms with E-state index in [1.807, 2.05) is 32.5 Å². The van der Waals surface area contributed by atoms with Crippen LogP contribution in [0.25, 0.3) is 0 Å². The van der Waals surface area contributed by atoms with E-state index in [0.29, 0.717) is 5.92 Å². The minimum atomic E-state index is -0.438. The van der Waals surface area contributed by atoms with Crippen LogP contribution < -0.4 is 0 Å². The fourth-order valence-corrected chi connectivity index (χ4v) is 4.50. The summed E-state index contributed by atoms with van der Waals surface area (Å²) in [5, 5.41) is 9.45. The predicted octanol–water partition coefficient (Wildman–Crippen LogP) is 2.11. The lowest BCUT2D eigenvalue weighted by Gasteiger charge is -2.30. The molecule has 0 aromatic rings. The summed E-state index contributed by atoms with van der Waals surface area (Å²) in [6.45, 7) is 7.36. The number of nitrogens with zero attached hydrogens (tertiary/aromatic N) is 1. The smallest absolute Gasteiger partial charge is 0.410 e. The maximum absolute atomic E-state index is 12.0. The number of rotatable bonds is 1. The van der Waals surface area contributed by atoms with Gasteiger partial charge in [0.25, 0.3) is 0 Å². The molecule has 4 nitrogen and oxygen atoms in total. The molecule has 2 aliphatic heterocycles. The number of likely N-dealkylation sites (tertiary alicyclic amines) is 1. The van der Waals surface area contributed by atoms with Crippen LogP contribution >= 0.6 is 11.8 Å². The topological polar surface area (TPSA) is 49.8 Å². The van der Waals surface area contributed by atoms with Crippen molar-refractivity contribution in [2.75, 3.05) is 25.4 Å². The van der Waals surface area contributed by atoms with Crippen LogP contribution in [-0.2, 0) is 4.74 Å². The van der Waals surface area contributed by atoms with Gasteiger partial charge in [-0.05, 0) is 45.3 Å². The maximum Gasteiger partial charge on any atom is 0.410 e. The number of aliphatic hydroxyl groups excluding tert-OH is 1. The molecular weight excluding hydrogens is 250 g/mol. The highest BCUT2D eigenvalue weighted by molar-refractivity contribution is 8.01. The number of hydrogen-bond donors (Lipinski definition) is 1. The molecule has 0 bridgehead atoms. The van der Waals surface area contributed by atoms with Crippen LogP contribution in [-0.4, -0.2) is 51.9 Å². The molecule has 1 N–H and O–H groups in total. The quantitative estimate of drug-likeness (QED) is 0.795. The van der Waals surface area contributed by atoms with Crippen LogP contribution in [0.4, 0.5) is 4.79 Å². The molecule has 2 rings (SSSR count). The van der Waals surface area contributed by atoms with Gasteiger partial charge >= 0.3 is 6.09 Å². The van der Waals surface area contributed by atoms with Crippen molar-refractivity contribution in [3.8, 4) is 0 Å². The van der Waals surface area contributed by atoms with Gasteiger partial charge in [-0.25, -0.2) is 4.79 Å². The van der Waals surface area contributed by atoms with Gasteiger partial charge < -0.3 is 14.7 Å². The minimum Gasteiger partial charge on any atom is -0.444 e. The van der Waals surface area contributed by atoms with Gasteiger partial charge in [0.2, 0.25) is 0 Å². The third kappa shape index (κ3) is 2.77. The van der Waals surface area contributed by atoms with Gasteiger partial charge in [0, 0.05) is 24.4 Å². The van der Waals surface area contributed by atoms with Crippen LogP contribution in [0, 0.1) is 5.92 Å². The first-order valence-electron chi connectivity index (χ1n) is 6.59. The SMILES string of the molecule is CC(C)(C)OC(=O)N1CCC2(C1)SCCC2CO. The van der Waals surface area contributed by atoms with Gasteiger partial charge in [-0.2, -0.15) is 11.8 Å². The number of carbonyl (C=O) groups is 1. The number of thioether (sulfide) groups is 1. The number of ether oxygens (including phenoxy) is 1. The Morgan fingerprint density at radius 3 is 2.89 bits per heavy atom. The number of hydrogen-bond acceptors (Lipinski definition) is 4. The normalized spacial score (nSPS) is 32.2. The van der Waals surface area contributed by atoms with Gasteiger partial charge in [0.15, 0.2) is 0 Å². The highest BCUT2D eigenvalue weighted by atomic mass is 32.2. The molecular formula is C13H23NO3S. The van der Waals surface area contributed by atoms with Crippen molar-refractivity contribution in [3.05, 3.63) is 0 Å². The molecule has 2 heterocycles. The van der Waals surface area contributed by atoms with Crippen molar-refractivity contribution in [2.45, 2.75) is 44.0 Å². The first kappa shape index (κ1) is 14.0. The van der Waals surface area contributed by atoms with E-state index < -0.39 is 5.60 Å². The van der Waals surface area contributed by atoms with Crippen molar-refractivity contribution in [3.63, 3.8) is 0 Å². The molecule has 1 amide bonds. The van der Waals surface area contributed by atoms with Crippen LogP contribution in [0.2, 0.25) is 0 Å². The molecule has 2 saturated heterocycles. The summed E-state index contributed by atoms with van der Waals surface area (Å²) in [6.07, 6.45) is 1.81. The third-order valence-electron chi connectivity index (χ3n) is 3.74. The zero-order valence-electron chi connectivity index (χ0n) is 11.4. The highest BCUT2D eigenvalue weighted by Gasteiger charge is 2.49. The lowest BCUT2D eigenvalue weighted by molar-refractivity contribution is 0.0285. The molecule has 0 aromatic heterocycles. The summed E-state index contributed by atoms with van der Waals surface area (Å²) in [5.74, 6) is 1.42. The van der Waals surface area contributed by atoms with Gasteiger partial charge in [-0.1, -0.05) is 0 Å². The summed E-state index contributed by atoms with van der Waals surface area (Å²) in [4.78, 5) is 13.8. The third-order valence-corrected chi connectivity index (χ3v) is 5.42. The second-order valence-corrected chi connectivity index (χ2v) is 7.74. The standard InChI is InChI=1S/C13H23NO3S/c1-12(2,3)17-11(16)14-6-5-13(9-14)10(8-15)4-7-18-13/h10,15H,4-9H2,1-3H3. The lowest BCUT2D eigenvalue weighted by atomic mass is 9.89. The molecule has 0 saturated carbocycles. The van der Waals surface area contributed by atoms with Gasteiger partial charge in [-0.15, -0.1) is 0 Å². The molecule has 0 aromatic carbocycles. The Kier molecular flexibility index (Phi) is 3.83. The Labute approximate surface area is 113 Å². The van der Waals surface area contributed by atoms with Crippen LogP contribution in [0.5, 0.6) is 0 Å². The second-order valence-electron chi connectivity index (χ2n) is 6.23. The van der Waals surface area contributed by atoms with E-state index in [4.69, 9.17) is 4.74 Å². The van der Waals surface area contributed by atoms with E-state index in [1.165, 1.54) is 0 Å². The average molecular weight is 273 g/mol. The summed E-state index contributed by atoms with van der Waals surface area (Å²) in [6, 6.07) is 0. The van der Waals surface area contributed by atoms with Gasteiger partial charge in [0.05, 0.1) is 0 Å². The van der Waals surface area contributed by atoms with Crippen molar-refractivity contribution < 1.29 is 14.6 Å². The molecule has 18 heavy (non-hydrogen) atoms. The van der Waals surface area contributed by atoms with Gasteiger partial charge in [0.1, 0.15) is 5.60 Å². The Morgan fingerprint density at radius 1 is 1.56 bits per heavy atom. The minimum absolute atomic E-state index is 0.0751. The number of carbonyl (C=O) groups excluding carboxylic acids is 1. The molecule has 2 aliphatic rings. The molecule has 0 aliphatic carbocycles. The summed E-state index contributed by atoms with van der Waals surface area (Å²) in [7, 11) is 0. The summed E-state index contributed by atoms with van der Waals surface area (Å²) >= 11 is 1.91. The van der Waals surface area contributed by atoms with Gasteiger partial charge in [-0.3, -0.25) is 0 Å². The van der Waals surface area contributed by atoms with Crippen LogP contribution in [0.15, 0.2) is 0 Å². The van der Waals surface area contributed by atoms with E-state index in [-0.39, 0.29) is 17.4 Å². The second kappa shape index (κ2) is 4.93. The maximum atomic E-state index is 12.0. The Morgan fingerprint density at radius 2 is 2.28 bits per heavy atom. The van der Waals surface area contributed by atoms with E-state index in [2.05, 4.69) is 0 Å². The van der Waals surface area contributed by atoms with Crippen LogP contribution in [0.1, 0.15) is 33.6 Å². The predicted molar refractivity (Wildman–Crippen MR) is 72.8 cm³/mol. The molecule has 0 radical (unpaired) electrons. The Balaban J connectivity index is 1.98. The van der Waals surface area contributed by atoms with E-state index in [1.54, 1.807) is 4.90 Å². The molecule has 2 atom stereocenters.